The van der Waals surface area contributed by atoms with Crippen LogP contribution in [0.3, 0.4) is 0 Å². The molecule has 0 aliphatic carbocycles. The molecule has 5 heteroatoms. The van der Waals surface area contributed by atoms with Crippen LogP contribution < -0.4 is 0 Å². The maximum atomic E-state index is 11.0. The first-order valence-corrected chi connectivity index (χ1v) is 3.80. The Morgan fingerprint density at radius 1 is 1.83 bits per heavy atom. The Balaban J connectivity index is 2.52. The molecule has 1 fully saturated rings. The standard InChI is InChI=1S/C7H11NO4/c1-3-11-6(9)8-4-5(2)12-7(8)10/h5H,3-4H2,1-2H3. The highest BCUT2D eigenvalue weighted by atomic mass is 16.6. The predicted octanol–water partition coefficient (Wildman–Crippen LogP) is 0.984. The fourth-order valence-corrected chi connectivity index (χ4v) is 0.955. The number of carbonyl (C=O) groups is 2. The average Bonchev–Trinajstić information content (AvgIpc) is 2.30. The van der Waals surface area contributed by atoms with Crippen LogP contribution >= 0.6 is 0 Å². The summed E-state index contributed by atoms with van der Waals surface area (Å²) >= 11 is 0. The van der Waals surface area contributed by atoms with E-state index in [4.69, 9.17) is 4.74 Å². The molecule has 1 aliphatic heterocycles. The molecule has 2 amide bonds. The number of hydrogen-bond donors (Lipinski definition) is 0. The van der Waals surface area contributed by atoms with E-state index in [0.29, 0.717) is 0 Å². The van der Waals surface area contributed by atoms with Crippen molar-refractivity contribution in [3.05, 3.63) is 0 Å². The summed E-state index contributed by atoms with van der Waals surface area (Å²) in [6.45, 7) is 3.94. The first kappa shape index (κ1) is 8.83. The molecule has 12 heavy (non-hydrogen) atoms. The van der Waals surface area contributed by atoms with Crippen LogP contribution in [0.1, 0.15) is 13.8 Å². The molecular weight excluding hydrogens is 162 g/mol. The monoisotopic (exact) mass is 173 g/mol. The summed E-state index contributed by atoms with van der Waals surface area (Å²) in [5, 5.41) is 0. The number of nitrogens with zero attached hydrogens (tertiary/aromatic N) is 1. The van der Waals surface area contributed by atoms with Crippen molar-refractivity contribution in [3.63, 3.8) is 0 Å². The van der Waals surface area contributed by atoms with Gasteiger partial charge in [0.05, 0.1) is 13.2 Å². The lowest BCUT2D eigenvalue weighted by Crippen LogP contribution is -2.32. The van der Waals surface area contributed by atoms with E-state index in [1.807, 2.05) is 0 Å². The summed E-state index contributed by atoms with van der Waals surface area (Å²) in [6, 6.07) is 0. The van der Waals surface area contributed by atoms with Gasteiger partial charge >= 0.3 is 12.2 Å². The van der Waals surface area contributed by atoms with Crippen LogP contribution in [0.15, 0.2) is 0 Å². The largest absolute Gasteiger partial charge is 0.449 e. The molecule has 0 saturated carbocycles. The van der Waals surface area contributed by atoms with Crippen molar-refractivity contribution >= 4 is 12.2 Å². The summed E-state index contributed by atoms with van der Waals surface area (Å²) in [5.41, 5.74) is 0. The number of rotatable bonds is 1. The van der Waals surface area contributed by atoms with Gasteiger partial charge in [-0.05, 0) is 13.8 Å². The third-order valence-electron chi connectivity index (χ3n) is 1.45. The Kier molecular flexibility index (Phi) is 2.52. The van der Waals surface area contributed by atoms with Gasteiger partial charge in [0, 0.05) is 0 Å². The smallest absolute Gasteiger partial charge is 0.419 e. The molecule has 1 atom stereocenters. The van der Waals surface area contributed by atoms with Crippen molar-refractivity contribution in [2.45, 2.75) is 20.0 Å². The van der Waals surface area contributed by atoms with E-state index in [2.05, 4.69) is 4.74 Å². The Morgan fingerprint density at radius 2 is 2.50 bits per heavy atom. The molecule has 1 rings (SSSR count). The highest BCUT2D eigenvalue weighted by Gasteiger charge is 2.34. The lowest BCUT2D eigenvalue weighted by Gasteiger charge is -2.09. The first-order chi connectivity index (χ1) is 5.65. The van der Waals surface area contributed by atoms with Crippen LogP contribution in [0.2, 0.25) is 0 Å². The third kappa shape index (κ3) is 1.66. The SMILES string of the molecule is CCOC(=O)N1CC(C)OC1=O. The zero-order valence-electron chi connectivity index (χ0n) is 7.07. The van der Waals surface area contributed by atoms with E-state index in [0.717, 1.165) is 4.90 Å². The quantitative estimate of drug-likeness (QED) is 0.593. The van der Waals surface area contributed by atoms with Crippen molar-refractivity contribution in [1.29, 1.82) is 0 Å². The Hall–Kier alpha value is -1.26. The number of hydrogen-bond acceptors (Lipinski definition) is 4. The van der Waals surface area contributed by atoms with E-state index < -0.39 is 12.2 Å². The number of ether oxygens (including phenoxy) is 2. The Labute approximate surface area is 70.2 Å². The van der Waals surface area contributed by atoms with E-state index in [1.54, 1.807) is 13.8 Å². The molecule has 0 aromatic carbocycles. The van der Waals surface area contributed by atoms with Gasteiger partial charge in [-0.3, -0.25) is 0 Å². The van der Waals surface area contributed by atoms with Crippen LogP contribution in [0.4, 0.5) is 9.59 Å². The minimum Gasteiger partial charge on any atom is -0.449 e. The normalized spacial score (nSPS) is 22.3. The predicted molar refractivity (Wildman–Crippen MR) is 39.7 cm³/mol. The molecule has 1 unspecified atom stereocenters. The second-order valence-corrected chi connectivity index (χ2v) is 2.50. The minimum atomic E-state index is -0.633. The summed E-state index contributed by atoms with van der Waals surface area (Å²) < 4.78 is 9.36. The van der Waals surface area contributed by atoms with Gasteiger partial charge in [0.15, 0.2) is 0 Å². The topological polar surface area (TPSA) is 55.8 Å². The Bertz CT molecular complexity index is 204. The van der Waals surface area contributed by atoms with Crippen molar-refractivity contribution in [2.24, 2.45) is 0 Å². The summed E-state index contributed by atoms with van der Waals surface area (Å²) in [4.78, 5) is 22.9. The molecule has 5 nitrogen and oxygen atoms in total. The lowest BCUT2D eigenvalue weighted by atomic mass is 10.4. The molecule has 0 bridgehead atoms. The zero-order chi connectivity index (χ0) is 9.14. The van der Waals surface area contributed by atoms with Crippen molar-refractivity contribution in [2.75, 3.05) is 13.2 Å². The second-order valence-electron chi connectivity index (χ2n) is 2.50. The fraction of sp³-hybridized carbons (Fsp3) is 0.714. The number of imide groups is 1. The highest BCUT2D eigenvalue weighted by molar-refractivity contribution is 5.89. The number of cyclic esters (lactones) is 1. The Morgan fingerprint density at radius 3 is 2.92 bits per heavy atom. The van der Waals surface area contributed by atoms with Gasteiger partial charge in [-0.1, -0.05) is 0 Å². The van der Waals surface area contributed by atoms with Gasteiger partial charge in [0.1, 0.15) is 6.10 Å². The number of amides is 2. The number of carbonyl (C=O) groups excluding carboxylic acids is 2. The van der Waals surface area contributed by atoms with E-state index in [-0.39, 0.29) is 19.3 Å². The first-order valence-electron chi connectivity index (χ1n) is 3.80. The van der Waals surface area contributed by atoms with Crippen molar-refractivity contribution in [3.8, 4) is 0 Å². The van der Waals surface area contributed by atoms with Crippen LogP contribution in [0, 0.1) is 0 Å². The van der Waals surface area contributed by atoms with Crippen LogP contribution in [0.5, 0.6) is 0 Å². The molecule has 1 saturated heterocycles. The van der Waals surface area contributed by atoms with Crippen LogP contribution in [-0.4, -0.2) is 36.3 Å². The van der Waals surface area contributed by atoms with Crippen molar-refractivity contribution in [1.82, 2.24) is 4.90 Å². The fourth-order valence-electron chi connectivity index (χ4n) is 0.955. The van der Waals surface area contributed by atoms with Gasteiger partial charge in [-0.15, -0.1) is 0 Å². The zero-order valence-corrected chi connectivity index (χ0v) is 7.07. The molecule has 0 spiro atoms. The summed E-state index contributed by atoms with van der Waals surface area (Å²) in [6.07, 6.45) is -1.49. The highest BCUT2D eigenvalue weighted by Crippen LogP contribution is 2.11. The molecule has 0 aromatic heterocycles. The lowest BCUT2D eigenvalue weighted by molar-refractivity contribution is 0.112. The molecule has 1 aliphatic rings. The van der Waals surface area contributed by atoms with Gasteiger partial charge in [-0.25, -0.2) is 14.5 Å². The third-order valence-corrected chi connectivity index (χ3v) is 1.45. The van der Waals surface area contributed by atoms with E-state index >= 15 is 0 Å². The molecule has 0 aromatic rings. The summed E-state index contributed by atoms with van der Waals surface area (Å²) in [5.74, 6) is 0. The van der Waals surface area contributed by atoms with E-state index in [9.17, 15) is 9.59 Å². The molecule has 0 N–H and O–H groups in total. The average molecular weight is 173 g/mol. The van der Waals surface area contributed by atoms with Gasteiger partial charge in [-0.2, -0.15) is 0 Å². The van der Waals surface area contributed by atoms with Gasteiger partial charge < -0.3 is 9.47 Å². The minimum absolute atomic E-state index is 0.234. The van der Waals surface area contributed by atoms with Gasteiger partial charge in [0.2, 0.25) is 0 Å². The van der Waals surface area contributed by atoms with Gasteiger partial charge in [0.25, 0.3) is 0 Å². The molecule has 0 radical (unpaired) electrons. The second kappa shape index (κ2) is 3.42. The molecular formula is C7H11NO4. The molecule has 68 valence electrons. The van der Waals surface area contributed by atoms with Crippen molar-refractivity contribution < 1.29 is 19.1 Å². The summed E-state index contributed by atoms with van der Waals surface area (Å²) in [7, 11) is 0. The maximum Gasteiger partial charge on any atom is 0.419 e. The van der Waals surface area contributed by atoms with Crippen LogP contribution in [0.25, 0.3) is 0 Å². The van der Waals surface area contributed by atoms with Crippen LogP contribution in [-0.2, 0) is 9.47 Å². The molecule has 1 heterocycles. The maximum absolute atomic E-state index is 11.0. The van der Waals surface area contributed by atoms with E-state index in [1.165, 1.54) is 0 Å².